The number of rotatable bonds is 69. The number of hydrogen-bond acceptors (Lipinski definition) is 15. The first-order valence-electron chi connectivity index (χ1n) is 36.1. The van der Waals surface area contributed by atoms with Crippen LogP contribution in [0.4, 0.5) is 0 Å². The van der Waals surface area contributed by atoms with Crippen molar-refractivity contribution in [2.75, 3.05) is 39.6 Å². The first-order chi connectivity index (χ1) is 42.5. The smallest absolute Gasteiger partial charge is 0.462 e. The topological polar surface area (TPSA) is 237 Å². The lowest BCUT2D eigenvalue weighted by Gasteiger charge is -2.21. The molecule has 19 heteroatoms. The maximum absolute atomic E-state index is 13.0. The summed E-state index contributed by atoms with van der Waals surface area (Å²) in [6, 6.07) is 0. The molecule has 0 aromatic rings. The molecule has 0 heterocycles. The van der Waals surface area contributed by atoms with Crippen LogP contribution in [0.2, 0.25) is 0 Å². The van der Waals surface area contributed by atoms with Crippen LogP contribution in [0.3, 0.4) is 0 Å². The summed E-state index contributed by atoms with van der Waals surface area (Å²) >= 11 is 0. The zero-order chi connectivity index (χ0) is 64.9. The highest BCUT2D eigenvalue weighted by Gasteiger charge is 2.30. The minimum absolute atomic E-state index is 0.102. The average molecular weight is 1300 g/mol. The quantitative estimate of drug-likeness (QED) is 0.0222. The fourth-order valence-corrected chi connectivity index (χ4v) is 12.0. The molecule has 0 aromatic carbocycles. The number of hydrogen-bond donors (Lipinski definition) is 3. The molecule has 0 aliphatic heterocycles. The minimum Gasteiger partial charge on any atom is -0.462 e. The fraction of sp³-hybridized carbons (Fsp3) is 0.942. The lowest BCUT2D eigenvalue weighted by Crippen LogP contribution is -2.30. The van der Waals surface area contributed by atoms with E-state index in [9.17, 15) is 43.2 Å². The van der Waals surface area contributed by atoms with E-state index >= 15 is 0 Å². The third-order valence-electron chi connectivity index (χ3n) is 16.0. The Labute approximate surface area is 537 Å². The number of aliphatic hydroxyl groups is 1. The van der Waals surface area contributed by atoms with Gasteiger partial charge in [-0.2, -0.15) is 0 Å². The Morgan fingerprint density at radius 3 is 0.773 bits per heavy atom. The average Bonchev–Trinajstić information content (AvgIpc) is 3.65. The summed E-state index contributed by atoms with van der Waals surface area (Å²) in [5.41, 5.74) is 0. The molecular formula is C69H134O17P2. The molecule has 0 amide bonds. The third-order valence-corrected chi connectivity index (χ3v) is 17.9. The van der Waals surface area contributed by atoms with Gasteiger partial charge in [0.1, 0.15) is 19.3 Å². The Morgan fingerprint density at radius 1 is 0.307 bits per heavy atom. The number of carbonyl (C=O) groups is 4. The third kappa shape index (κ3) is 62.8. The SMILES string of the molecule is CCCCCCCCCCCCCCCCCCCCC(=O)O[C@H](COC(=O)CCCCCCCCCCCCCCCC)COP(=O)(O)OC[C@@H](O)COP(=O)(O)OC[C@@H](COC(=O)CCCCCCCCC)OC(=O)CCCCCCCCC(C)C. The first kappa shape index (κ1) is 86.1. The van der Waals surface area contributed by atoms with Crippen LogP contribution in [0.15, 0.2) is 0 Å². The molecule has 0 bridgehead atoms. The number of carbonyl (C=O) groups excluding carboxylic acids is 4. The van der Waals surface area contributed by atoms with Crippen molar-refractivity contribution in [3.8, 4) is 0 Å². The van der Waals surface area contributed by atoms with Gasteiger partial charge in [-0.3, -0.25) is 37.3 Å². The molecular weight excluding hydrogens is 1160 g/mol. The number of aliphatic hydroxyl groups excluding tert-OH is 1. The summed E-state index contributed by atoms with van der Waals surface area (Å²) in [5.74, 6) is -1.46. The van der Waals surface area contributed by atoms with Crippen molar-refractivity contribution in [1.82, 2.24) is 0 Å². The normalized spacial score (nSPS) is 14.1. The van der Waals surface area contributed by atoms with E-state index in [0.717, 1.165) is 103 Å². The fourth-order valence-electron chi connectivity index (χ4n) is 10.5. The molecule has 0 saturated carbocycles. The largest absolute Gasteiger partial charge is 0.472 e. The zero-order valence-corrected chi connectivity index (χ0v) is 58.6. The van der Waals surface area contributed by atoms with E-state index in [1.807, 2.05) is 0 Å². The lowest BCUT2D eigenvalue weighted by molar-refractivity contribution is -0.161. The standard InChI is InChI=1S/C69H134O17P2/c1-6-9-12-15-18-20-22-24-26-27-28-29-31-33-35-38-44-49-54-68(73)85-64(59-80-67(72)53-48-43-37-34-32-30-25-23-21-19-16-13-10-7-2)60-83-87(75,76)81-56-63(70)57-82-88(77,78)84-61-65(58-79-66(71)52-47-42-36-17-14-11-8-3)86-69(74)55-50-45-40-39-41-46-51-62(4)5/h62-65,70H,6-61H2,1-5H3,(H,75,76)(H,77,78)/t63-,64-,65-/m1/s1. The molecule has 17 nitrogen and oxygen atoms in total. The van der Waals surface area contributed by atoms with Crippen molar-refractivity contribution in [3.05, 3.63) is 0 Å². The lowest BCUT2D eigenvalue weighted by atomic mass is 10.0. The van der Waals surface area contributed by atoms with Gasteiger partial charge in [0.25, 0.3) is 0 Å². The Morgan fingerprint density at radius 2 is 0.523 bits per heavy atom. The van der Waals surface area contributed by atoms with E-state index in [1.54, 1.807) is 0 Å². The van der Waals surface area contributed by atoms with E-state index in [-0.39, 0.29) is 25.7 Å². The van der Waals surface area contributed by atoms with Crippen molar-refractivity contribution in [2.24, 2.45) is 5.92 Å². The van der Waals surface area contributed by atoms with Gasteiger partial charge < -0.3 is 33.8 Å². The summed E-state index contributed by atoms with van der Waals surface area (Å²) in [6.07, 6.45) is 48.9. The van der Waals surface area contributed by atoms with Crippen LogP contribution >= 0.6 is 15.6 Å². The molecule has 0 aliphatic rings. The van der Waals surface area contributed by atoms with Crippen LogP contribution in [-0.2, 0) is 65.4 Å². The van der Waals surface area contributed by atoms with Gasteiger partial charge in [0.2, 0.25) is 0 Å². The Bertz CT molecular complexity index is 1700. The van der Waals surface area contributed by atoms with Crippen molar-refractivity contribution in [3.63, 3.8) is 0 Å². The number of phosphoric acid groups is 2. The zero-order valence-electron chi connectivity index (χ0n) is 56.9. The number of ether oxygens (including phenoxy) is 4. The second-order valence-corrected chi connectivity index (χ2v) is 28.3. The number of esters is 4. The Kier molecular flexibility index (Phi) is 61.1. The summed E-state index contributed by atoms with van der Waals surface area (Å²) in [5, 5.41) is 10.6. The predicted molar refractivity (Wildman–Crippen MR) is 354 cm³/mol. The summed E-state index contributed by atoms with van der Waals surface area (Å²) in [6.45, 7) is 7.11. The first-order valence-corrected chi connectivity index (χ1v) is 39.1. The van der Waals surface area contributed by atoms with Gasteiger partial charge in [0.15, 0.2) is 12.2 Å². The second kappa shape index (κ2) is 62.5. The number of unbranched alkanes of at least 4 members (excludes halogenated alkanes) is 41. The highest BCUT2D eigenvalue weighted by atomic mass is 31.2. The van der Waals surface area contributed by atoms with Gasteiger partial charge in [-0.15, -0.1) is 0 Å². The molecule has 522 valence electrons. The Hall–Kier alpha value is -1.94. The van der Waals surface area contributed by atoms with Gasteiger partial charge in [0.05, 0.1) is 26.4 Å². The van der Waals surface area contributed by atoms with Crippen LogP contribution in [0, 0.1) is 5.92 Å². The molecule has 0 rings (SSSR count). The summed E-state index contributed by atoms with van der Waals surface area (Å²) < 4.78 is 68.1. The predicted octanol–water partition coefficient (Wildman–Crippen LogP) is 19.7. The van der Waals surface area contributed by atoms with Gasteiger partial charge >= 0.3 is 39.5 Å². The van der Waals surface area contributed by atoms with E-state index in [0.29, 0.717) is 31.6 Å². The number of phosphoric ester groups is 2. The molecule has 88 heavy (non-hydrogen) atoms. The van der Waals surface area contributed by atoms with Gasteiger partial charge in [-0.1, -0.05) is 304 Å². The van der Waals surface area contributed by atoms with E-state index < -0.39 is 97.5 Å². The van der Waals surface area contributed by atoms with Crippen LogP contribution in [0.1, 0.15) is 356 Å². The van der Waals surface area contributed by atoms with Crippen LogP contribution < -0.4 is 0 Å². The molecule has 0 aliphatic carbocycles. The maximum Gasteiger partial charge on any atom is 0.472 e. The second-order valence-electron chi connectivity index (χ2n) is 25.4. The van der Waals surface area contributed by atoms with E-state index in [2.05, 4.69) is 34.6 Å². The van der Waals surface area contributed by atoms with E-state index in [1.165, 1.54) is 167 Å². The molecule has 0 aromatic heterocycles. The minimum atomic E-state index is -4.95. The highest BCUT2D eigenvalue weighted by molar-refractivity contribution is 7.47. The van der Waals surface area contributed by atoms with Crippen LogP contribution in [-0.4, -0.2) is 96.7 Å². The molecule has 0 radical (unpaired) electrons. The van der Waals surface area contributed by atoms with E-state index in [4.69, 9.17) is 37.0 Å². The maximum atomic E-state index is 13.0. The molecule has 3 N–H and O–H groups in total. The molecule has 2 unspecified atom stereocenters. The summed E-state index contributed by atoms with van der Waals surface area (Å²) in [7, 11) is -9.89. The summed E-state index contributed by atoms with van der Waals surface area (Å²) in [4.78, 5) is 72.3. The highest BCUT2D eigenvalue weighted by Crippen LogP contribution is 2.45. The van der Waals surface area contributed by atoms with Gasteiger partial charge in [-0.05, 0) is 31.6 Å². The Balaban J connectivity index is 5.18. The van der Waals surface area contributed by atoms with Crippen molar-refractivity contribution < 1.29 is 80.2 Å². The van der Waals surface area contributed by atoms with Gasteiger partial charge in [-0.25, -0.2) is 9.13 Å². The van der Waals surface area contributed by atoms with Crippen LogP contribution in [0.25, 0.3) is 0 Å². The monoisotopic (exact) mass is 1300 g/mol. The molecule has 5 atom stereocenters. The van der Waals surface area contributed by atoms with Crippen LogP contribution in [0.5, 0.6) is 0 Å². The molecule has 0 fully saturated rings. The molecule has 0 spiro atoms. The van der Waals surface area contributed by atoms with Crippen molar-refractivity contribution in [2.45, 2.75) is 374 Å². The van der Waals surface area contributed by atoms with Crippen molar-refractivity contribution in [1.29, 1.82) is 0 Å². The molecule has 0 saturated heterocycles. The van der Waals surface area contributed by atoms with Gasteiger partial charge in [0, 0.05) is 25.7 Å². The van der Waals surface area contributed by atoms with Crippen molar-refractivity contribution >= 4 is 39.5 Å².